The molecule has 1 amide bonds. The number of carbonyl (C=O) groups excluding carboxylic acids is 1. The van der Waals surface area contributed by atoms with E-state index in [4.69, 9.17) is 21.1 Å². The molecule has 7 rings (SSSR count). The van der Waals surface area contributed by atoms with Crippen LogP contribution in [0, 0.1) is 0 Å². The molecule has 0 bridgehead atoms. The Morgan fingerprint density at radius 3 is 2.53 bits per heavy atom. The monoisotopic (exact) mass is 688 g/mol. The molecule has 0 saturated carbocycles. The second-order valence-corrected chi connectivity index (χ2v) is 11.7. The van der Waals surface area contributed by atoms with Crippen LogP contribution in [-0.4, -0.2) is 74.0 Å². The molecule has 15 heteroatoms. The van der Waals surface area contributed by atoms with Crippen molar-refractivity contribution in [2.45, 2.75) is 12.8 Å². The summed E-state index contributed by atoms with van der Waals surface area (Å²) in [5.41, 5.74) is 1.47. The van der Waals surface area contributed by atoms with Crippen molar-refractivity contribution >= 4 is 45.1 Å². The van der Waals surface area contributed by atoms with Crippen LogP contribution in [0.15, 0.2) is 79.9 Å². The molecule has 3 aromatic heterocycles. The fourth-order valence-corrected chi connectivity index (χ4v) is 6.29. The Morgan fingerprint density at radius 1 is 1.04 bits per heavy atom. The van der Waals surface area contributed by atoms with Crippen molar-refractivity contribution in [1.29, 1.82) is 0 Å². The third-order valence-electron chi connectivity index (χ3n) is 8.44. The zero-order valence-electron chi connectivity index (χ0n) is 26.0. The highest BCUT2D eigenvalue weighted by molar-refractivity contribution is 6.35. The summed E-state index contributed by atoms with van der Waals surface area (Å²) in [6.45, 7) is 5.29. The number of aromatic nitrogens is 6. The molecule has 49 heavy (non-hydrogen) atoms. The summed E-state index contributed by atoms with van der Waals surface area (Å²) in [6.07, 6.45) is 0.805. The number of alkyl halides is 3. The number of carbonyl (C=O) groups is 1. The predicted octanol–water partition coefficient (Wildman–Crippen LogP) is 6.45. The number of nitrogens with one attached hydrogen (secondary N) is 1. The molecule has 1 N–H and O–H groups in total. The van der Waals surface area contributed by atoms with Crippen molar-refractivity contribution in [3.8, 4) is 28.3 Å². The lowest BCUT2D eigenvalue weighted by Crippen LogP contribution is -2.48. The number of amides is 1. The van der Waals surface area contributed by atoms with Crippen molar-refractivity contribution < 1.29 is 27.4 Å². The number of hydrogen-bond donors (Lipinski definition) is 1. The van der Waals surface area contributed by atoms with Gasteiger partial charge in [-0.25, -0.2) is 14.6 Å². The first-order valence-corrected chi connectivity index (χ1v) is 15.5. The number of anilines is 1. The first-order valence-electron chi connectivity index (χ1n) is 15.1. The molecular formula is C34H28ClF3N8O3. The third kappa shape index (κ3) is 5.99. The zero-order chi connectivity index (χ0) is 34.3. The minimum Gasteiger partial charge on any atom is -0.497 e. The first-order chi connectivity index (χ1) is 23.7. The summed E-state index contributed by atoms with van der Waals surface area (Å²) < 4.78 is 55.4. The number of halogens is 4. The van der Waals surface area contributed by atoms with Crippen molar-refractivity contribution in [1.82, 2.24) is 34.8 Å². The van der Waals surface area contributed by atoms with Gasteiger partial charge in [0.05, 0.1) is 36.2 Å². The van der Waals surface area contributed by atoms with E-state index in [1.165, 1.54) is 31.6 Å². The number of hydrogen-bond acceptors (Lipinski definition) is 8. The van der Waals surface area contributed by atoms with E-state index in [-0.39, 0.29) is 22.9 Å². The summed E-state index contributed by atoms with van der Waals surface area (Å²) in [5.74, 6) is 1.35. The number of piperazine rings is 1. The lowest BCUT2D eigenvalue weighted by Gasteiger charge is -2.35. The van der Waals surface area contributed by atoms with Gasteiger partial charge in [0.1, 0.15) is 30.3 Å². The largest absolute Gasteiger partial charge is 0.497 e. The average Bonchev–Trinajstić information content (AvgIpc) is 3.78. The number of nitrogens with zero attached hydrogens (tertiary/aromatic N) is 7. The van der Waals surface area contributed by atoms with Crippen LogP contribution < -0.4 is 14.4 Å². The van der Waals surface area contributed by atoms with Gasteiger partial charge in [0, 0.05) is 58.7 Å². The van der Waals surface area contributed by atoms with Crippen LogP contribution in [0.4, 0.5) is 19.0 Å². The van der Waals surface area contributed by atoms with Gasteiger partial charge >= 0.3 is 6.18 Å². The minimum atomic E-state index is -4.72. The van der Waals surface area contributed by atoms with Crippen LogP contribution in [-0.2, 0) is 17.6 Å². The minimum absolute atomic E-state index is 0.118. The molecule has 1 aliphatic heterocycles. The van der Waals surface area contributed by atoms with Gasteiger partial charge < -0.3 is 19.3 Å². The van der Waals surface area contributed by atoms with Crippen LogP contribution in [0.25, 0.3) is 38.6 Å². The number of fused-ring (bicyclic) bond motifs is 2. The van der Waals surface area contributed by atoms with Gasteiger partial charge in [-0.2, -0.15) is 23.4 Å². The third-order valence-corrected chi connectivity index (χ3v) is 8.75. The van der Waals surface area contributed by atoms with Crippen molar-refractivity contribution in [2.75, 3.05) is 38.2 Å². The fraction of sp³-hybridized carbons (Fsp3) is 0.206. The molecule has 0 radical (unpaired) electrons. The molecule has 6 aromatic rings. The van der Waals surface area contributed by atoms with Gasteiger partial charge in [0.2, 0.25) is 5.91 Å². The molecule has 1 saturated heterocycles. The average molecular weight is 689 g/mol. The van der Waals surface area contributed by atoms with E-state index in [0.717, 1.165) is 10.9 Å². The van der Waals surface area contributed by atoms with Gasteiger partial charge in [-0.1, -0.05) is 18.2 Å². The maximum Gasteiger partial charge on any atom is 0.433 e. The number of benzene rings is 3. The predicted molar refractivity (Wildman–Crippen MR) is 178 cm³/mol. The SMILES string of the molecule is C=CC(=O)N1CCN(c2ncnc3cc(-c4c(OCc5cnn(-c6ccc(OC)cc6)c5C(F)(F)F)ccc5[nH]ncc45)c(Cl)cc23)CC1. The smallest absolute Gasteiger partial charge is 0.433 e. The second kappa shape index (κ2) is 12.8. The molecule has 0 unspecified atom stereocenters. The Labute approximate surface area is 282 Å². The molecule has 3 aromatic carbocycles. The highest BCUT2D eigenvalue weighted by Gasteiger charge is 2.39. The molecular weight excluding hydrogens is 661 g/mol. The van der Waals surface area contributed by atoms with Gasteiger partial charge in [0.25, 0.3) is 0 Å². The standard InChI is InChI=1S/C34H28ClF3N8O3/c1-3-30(47)44-10-12-45(13-11-44)33-24-14-26(35)23(15-28(24)39-19-40-33)31-25-17-41-43-27(25)8-9-29(31)49-18-20-16-42-46(32(20)34(36,37)38)21-4-6-22(48-2)7-5-21/h3-9,14-17,19H,1,10-13,18H2,2H3,(H,41,43). The van der Waals surface area contributed by atoms with E-state index in [1.807, 2.05) is 0 Å². The normalized spacial score (nSPS) is 13.7. The van der Waals surface area contributed by atoms with Gasteiger partial charge in [0.15, 0.2) is 5.69 Å². The molecule has 11 nitrogen and oxygen atoms in total. The van der Waals surface area contributed by atoms with E-state index in [2.05, 4.69) is 36.7 Å². The number of ether oxygens (including phenoxy) is 2. The van der Waals surface area contributed by atoms with Crippen LogP contribution in [0.3, 0.4) is 0 Å². The quantitative estimate of drug-likeness (QED) is 0.182. The van der Waals surface area contributed by atoms with E-state index in [9.17, 15) is 18.0 Å². The molecule has 0 aliphatic carbocycles. The van der Waals surface area contributed by atoms with Gasteiger partial charge in [-0.05, 0) is 54.6 Å². The van der Waals surface area contributed by atoms with Crippen molar-refractivity contribution in [3.63, 3.8) is 0 Å². The topological polar surface area (TPSA) is 114 Å². The van der Waals surface area contributed by atoms with E-state index < -0.39 is 18.5 Å². The Bertz CT molecular complexity index is 2190. The highest BCUT2D eigenvalue weighted by atomic mass is 35.5. The van der Waals surface area contributed by atoms with Gasteiger partial charge in [-0.3, -0.25) is 9.89 Å². The van der Waals surface area contributed by atoms with E-state index >= 15 is 0 Å². The Morgan fingerprint density at radius 2 is 1.82 bits per heavy atom. The summed E-state index contributed by atoms with van der Waals surface area (Å²) in [7, 11) is 1.48. The lowest BCUT2D eigenvalue weighted by atomic mass is 9.99. The van der Waals surface area contributed by atoms with Crippen molar-refractivity contribution in [2.24, 2.45) is 0 Å². The van der Waals surface area contributed by atoms with Crippen LogP contribution >= 0.6 is 11.6 Å². The second-order valence-electron chi connectivity index (χ2n) is 11.2. The lowest BCUT2D eigenvalue weighted by molar-refractivity contribution is -0.143. The molecule has 1 aliphatic rings. The Hall–Kier alpha value is -5.63. The summed E-state index contributed by atoms with van der Waals surface area (Å²) >= 11 is 6.97. The maximum atomic E-state index is 14.4. The summed E-state index contributed by atoms with van der Waals surface area (Å²) in [4.78, 5) is 24.9. The number of methoxy groups -OCH3 is 1. The highest BCUT2D eigenvalue weighted by Crippen LogP contribution is 2.43. The number of rotatable bonds is 8. The van der Waals surface area contributed by atoms with Crippen LogP contribution in [0.1, 0.15) is 11.3 Å². The molecule has 1 fully saturated rings. The van der Waals surface area contributed by atoms with Crippen molar-refractivity contribution in [3.05, 3.63) is 96.2 Å². The van der Waals surface area contributed by atoms with Crippen LogP contribution in [0.2, 0.25) is 5.02 Å². The molecule has 250 valence electrons. The number of aromatic amines is 1. The molecule has 4 heterocycles. The Kier molecular flexibility index (Phi) is 8.32. The van der Waals surface area contributed by atoms with E-state index in [1.54, 1.807) is 47.5 Å². The Balaban J connectivity index is 1.24. The molecule has 0 spiro atoms. The summed E-state index contributed by atoms with van der Waals surface area (Å²) in [6, 6.07) is 13.1. The van der Waals surface area contributed by atoms with E-state index in [0.29, 0.717) is 75.7 Å². The molecule has 0 atom stereocenters. The number of H-pyrrole nitrogens is 1. The maximum absolute atomic E-state index is 14.4. The summed E-state index contributed by atoms with van der Waals surface area (Å²) in [5, 5.41) is 12.9. The fourth-order valence-electron chi connectivity index (χ4n) is 6.03. The first kappa shape index (κ1) is 31.9. The van der Waals surface area contributed by atoms with Crippen LogP contribution in [0.5, 0.6) is 11.5 Å². The van der Waals surface area contributed by atoms with Gasteiger partial charge in [-0.15, -0.1) is 0 Å². The zero-order valence-corrected chi connectivity index (χ0v) is 26.8.